The molecular formula is C21H20N2O3S. The first-order chi connectivity index (χ1) is 13.2. The van der Waals surface area contributed by atoms with E-state index in [1.807, 2.05) is 42.5 Å². The Balaban J connectivity index is 2.11. The molecule has 0 radical (unpaired) electrons. The van der Waals surface area contributed by atoms with Gasteiger partial charge in [-0.15, -0.1) is 6.58 Å². The van der Waals surface area contributed by atoms with Crippen LogP contribution in [0.2, 0.25) is 0 Å². The highest BCUT2D eigenvalue weighted by molar-refractivity contribution is 8.00. The molecule has 0 fully saturated rings. The molecule has 0 N–H and O–H groups in total. The minimum atomic E-state index is -0.615. The van der Waals surface area contributed by atoms with Crippen LogP contribution in [-0.2, 0) is 16.1 Å². The first-order valence-electron chi connectivity index (χ1n) is 8.64. The third-order valence-electron chi connectivity index (χ3n) is 3.96. The Bertz CT molecular complexity index is 1010. The topological polar surface area (TPSA) is 61.2 Å². The monoisotopic (exact) mass is 380 g/mol. The van der Waals surface area contributed by atoms with Gasteiger partial charge in [0.25, 0.3) is 5.56 Å². The number of carbonyl (C=O) groups is 1. The van der Waals surface area contributed by atoms with E-state index in [0.29, 0.717) is 22.6 Å². The zero-order chi connectivity index (χ0) is 19.2. The van der Waals surface area contributed by atoms with E-state index in [1.165, 1.54) is 16.3 Å². The average Bonchev–Trinajstić information content (AvgIpc) is 2.69. The molecule has 0 amide bonds. The van der Waals surface area contributed by atoms with Crippen LogP contribution in [0, 0.1) is 0 Å². The van der Waals surface area contributed by atoms with E-state index < -0.39 is 5.25 Å². The Kier molecular flexibility index (Phi) is 6.08. The molecule has 1 aromatic heterocycles. The molecular weight excluding hydrogens is 360 g/mol. The largest absolute Gasteiger partial charge is 0.465 e. The second kappa shape index (κ2) is 8.68. The highest BCUT2D eigenvalue weighted by Crippen LogP contribution is 2.35. The summed E-state index contributed by atoms with van der Waals surface area (Å²) >= 11 is 1.21. The van der Waals surface area contributed by atoms with Crippen molar-refractivity contribution in [3.63, 3.8) is 0 Å². The summed E-state index contributed by atoms with van der Waals surface area (Å²) in [6, 6.07) is 16.5. The van der Waals surface area contributed by atoms with E-state index in [0.717, 1.165) is 5.56 Å². The van der Waals surface area contributed by atoms with E-state index in [4.69, 9.17) is 4.74 Å². The zero-order valence-electron chi connectivity index (χ0n) is 15.0. The Hall–Kier alpha value is -2.86. The quantitative estimate of drug-likeness (QED) is 0.269. The standard InChI is InChI=1S/C21H20N2O3S/c1-3-14-23-19(24)16-12-8-9-13-17(16)22-21(23)27-18(20(25)26-4-2)15-10-6-5-7-11-15/h3,5-13,18H,1,4,14H2,2H3/t18-/m0/s1. The Morgan fingerprint density at radius 2 is 1.93 bits per heavy atom. The first kappa shape index (κ1) is 18.9. The number of esters is 1. The van der Waals surface area contributed by atoms with Gasteiger partial charge in [-0.25, -0.2) is 4.98 Å². The van der Waals surface area contributed by atoms with Gasteiger partial charge >= 0.3 is 5.97 Å². The lowest BCUT2D eigenvalue weighted by molar-refractivity contribution is -0.142. The van der Waals surface area contributed by atoms with Crippen molar-refractivity contribution in [2.45, 2.75) is 23.9 Å². The number of hydrogen-bond donors (Lipinski definition) is 0. The summed E-state index contributed by atoms with van der Waals surface area (Å²) in [5.41, 5.74) is 1.24. The maximum Gasteiger partial charge on any atom is 0.324 e. The SMILES string of the molecule is C=CCn1c(S[C@H](C(=O)OCC)c2ccccc2)nc2ccccc2c1=O. The molecule has 0 saturated heterocycles. The number of rotatable bonds is 7. The summed E-state index contributed by atoms with van der Waals surface area (Å²) in [7, 11) is 0. The van der Waals surface area contributed by atoms with E-state index in [9.17, 15) is 9.59 Å². The minimum Gasteiger partial charge on any atom is -0.465 e. The molecule has 3 aromatic rings. The fourth-order valence-corrected chi connectivity index (χ4v) is 3.84. The molecule has 1 atom stereocenters. The fraction of sp³-hybridized carbons (Fsp3) is 0.190. The van der Waals surface area contributed by atoms with Crippen LogP contribution in [-0.4, -0.2) is 22.1 Å². The molecule has 0 bridgehead atoms. The van der Waals surface area contributed by atoms with E-state index in [1.54, 1.807) is 25.1 Å². The van der Waals surface area contributed by atoms with Crippen molar-refractivity contribution in [2.75, 3.05) is 6.61 Å². The van der Waals surface area contributed by atoms with Crippen LogP contribution in [0.15, 0.2) is 77.2 Å². The van der Waals surface area contributed by atoms with Gasteiger partial charge in [0.05, 0.1) is 17.5 Å². The fourth-order valence-electron chi connectivity index (χ4n) is 2.73. The smallest absolute Gasteiger partial charge is 0.324 e. The highest BCUT2D eigenvalue weighted by atomic mass is 32.2. The van der Waals surface area contributed by atoms with Crippen LogP contribution in [0.1, 0.15) is 17.7 Å². The molecule has 27 heavy (non-hydrogen) atoms. The van der Waals surface area contributed by atoms with Crippen molar-refractivity contribution in [2.24, 2.45) is 0 Å². The molecule has 0 unspecified atom stereocenters. The average molecular weight is 380 g/mol. The van der Waals surface area contributed by atoms with Crippen LogP contribution >= 0.6 is 11.8 Å². The maximum atomic E-state index is 12.9. The number of fused-ring (bicyclic) bond motifs is 1. The zero-order valence-corrected chi connectivity index (χ0v) is 15.8. The second-order valence-electron chi connectivity index (χ2n) is 5.78. The molecule has 0 aliphatic heterocycles. The molecule has 3 rings (SSSR count). The first-order valence-corrected chi connectivity index (χ1v) is 9.52. The lowest BCUT2D eigenvalue weighted by Crippen LogP contribution is -2.24. The Morgan fingerprint density at radius 3 is 2.63 bits per heavy atom. The number of ether oxygens (including phenoxy) is 1. The molecule has 0 aliphatic rings. The molecule has 6 heteroatoms. The van der Waals surface area contributed by atoms with Gasteiger partial charge in [-0.2, -0.15) is 0 Å². The number of allylic oxidation sites excluding steroid dienone is 1. The number of thioether (sulfide) groups is 1. The molecule has 5 nitrogen and oxygen atoms in total. The summed E-state index contributed by atoms with van der Waals surface area (Å²) in [4.78, 5) is 30.1. The van der Waals surface area contributed by atoms with Gasteiger partial charge in [-0.1, -0.05) is 60.3 Å². The van der Waals surface area contributed by atoms with Gasteiger partial charge in [0.2, 0.25) is 0 Å². The van der Waals surface area contributed by atoms with Crippen LogP contribution in [0.5, 0.6) is 0 Å². The Morgan fingerprint density at radius 1 is 1.22 bits per heavy atom. The highest BCUT2D eigenvalue weighted by Gasteiger charge is 2.26. The summed E-state index contributed by atoms with van der Waals surface area (Å²) in [5, 5.41) is 0.381. The molecule has 2 aromatic carbocycles. The number of aromatic nitrogens is 2. The van der Waals surface area contributed by atoms with Gasteiger partial charge in [0.1, 0.15) is 5.25 Å². The van der Waals surface area contributed by atoms with Crippen molar-refractivity contribution in [1.82, 2.24) is 9.55 Å². The lowest BCUT2D eigenvalue weighted by atomic mass is 10.1. The van der Waals surface area contributed by atoms with Crippen molar-refractivity contribution in [3.8, 4) is 0 Å². The van der Waals surface area contributed by atoms with Crippen LogP contribution in [0.3, 0.4) is 0 Å². The summed E-state index contributed by atoms with van der Waals surface area (Å²) in [5.74, 6) is -0.360. The Labute approximate surface area is 161 Å². The predicted octanol–water partition coefficient (Wildman–Crippen LogP) is 3.98. The third-order valence-corrected chi connectivity index (χ3v) is 5.19. The van der Waals surface area contributed by atoms with Crippen molar-refractivity contribution >= 4 is 28.6 Å². The van der Waals surface area contributed by atoms with E-state index in [-0.39, 0.29) is 18.1 Å². The lowest BCUT2D eigenvalue weighted by Gasteiger charge is -2.18. The number of benzene rings is 2. The number of para-hydroxylation sites is 1. The number of hydrogen-bond acceptors (Lipinski definition) is 5. The van der Waals surface area contributed by atoms with Crippen molar-refractivity contribution in [3.05, 3.63) is 83.2 Å². The van der Waals surface area contributed by atoms with Crippen LogP contribution in [0.4, 0.5) is 0 Å². The van der Waals surface area contributed by atoms with E-state index in [2.05, 4.69) is 11.6 Å². The molecule has 138 valence electrons. The minimum absolute atomic E-state index is 0.154. The van der Waals surface area contributed by atoms with Crippen molar-refractivity contribution < 1.29 is 9.53 Å². The van der Waals surface area contributed by atoms with Crippen LogP contribution < -0.4 is 5.56 Å². The summed E-state index contributed by atoms with van der Waals surface area (Å²) < 4.78 is 6.79. The predicted molar refractivity (Wildman–Crippen MR) is 108 cm³/mol. The third kappa shape index (κ3) is 4.11. The maximum absolute atomic E-state index is 12.9. The normalized spacial score (nSPS) is 11.9. The second-order valence-corrected chi connectivity index (χ2v) is 6.85. The van der Waals surface area contributed by atoms with Gasteiger partial charge < -0.3 is 4.74 Å². The molecule has 0 saturated carbocycles. The molecule has 0 aliphatic carbocycles. The van der Waals surface area contributed by atoms with Crippen LogP contribution in [0.25, 0.3) is 10.9 Å². The van der Waals surface area contributed by atoms with Gasteiger partial charge in [-0.3, -0.25) is 14.2 Å². The van der Waals surface area contributed by atoms with Gasteiger partial charge in [0.15, 0.2) is 5.16 Å². The summed E-state index contributed by atoms with van der Waals surface area (Å²) in [6.07, 6.45) is 1.64. The van der Waals surface area contributed by atoms with Gasteiger partial charge in [0, 0.05) is 6.54 Å². The van der Waals surface area contributed by atoms with Gasteiger partial charge in [-0.05, 0) is 24.6 Å². The number of carbonyl (C=O) groups excluding carboxylic acids is 1. The molecule has 0 spiro atoms. The molecule has 1 heterocycles. The summed E-state index contributed by atoms with van der Waals surface area (Å²) in [6.45, 7) is 6.10. The number of nitrogens with zero attached hydrogens (tertiary/aromatic N) is 2. The van der Waals surface area contributed by atoms with Crippen molar-refractivity contribution in [1.29, 1.82) is 0 Å². The van der Waals surface area contributed by atoms with E-state index >= 15 is 0 Å².